The third-order valence-electron chi connectivity index (χ3n) is 4.02. The van der Waals surface area contributed by atoms with Crippen LogP contribution in [0.1, 0.15) is 10.4 Å². The second-order valence-electron chi connectivity index (χ2n) is 6.24. The highest BCUT2D eigenvalue weighted by atomic mass is 35.5. The molecule has 0 spiro atoms. The molecule has 0 saturated carbocycles. The van der Waals surface area contributed by atoms with Crippen molar-refractivity contribution in [2.24, 2.45) is 0 Å². The van der Waals surface area contributed by atoms with Gasteiger partial charge in [0.15, 0.2) is 5.16 Å². The lowest BCUT2D eigenvalue weighted by atomic mass is 10.2. The topological polar surface area (TPSA) is 98.1 Å². The molecule has 3 aromatic rings. The zero-order chi connectivity index (χ0) is 22.2. The SMILES string of the molecule is COCCNC(=O)c1ccc(NC(=O)CSc2nncn2-c2cccc(Cl)c2)cc1Cl. The Hall–Kier alpha value is -2.59. The minimum atomic E-state index is -0.309. The van der Waals surface area contributed by atoms with E-state index in [4.69, 9.17) is 27.9 Å². The summed E-state index contributed by atoms with van der Waals surface area (Å²) >= 11 is 13.5. The van der Waals surface area contributed by atoms with Crippen molar-refractivity contribution in [1.82, 2.24) is 20.1 Å². The van der Waals surface area contributed by atoms with E-state index in [1.54, 1.807) is 42.3 Å². The molecule has 0 saturated heterocycles. The number of hydrogen-bond donors (Lipinski definition) is 2. The molecule has 0 aliphatic carbocycles. The van der Waals surface area contributed by atoms with Crippen molar-refractivity contribution in [2.45, 2.75) is 5.16 Å². The number of aromatic nitrogens is 3. The quantitative estimate of drug-likeness (QED) is 0.358. The molecule has 1 heterocycles. The maximum Gasteiger partial charge on any atom is 0.252 e. The lowest BCUT2D eigenvalue weighted by Gasteiger charge is -2.10. The van der Waals surface area contributed by atoms with Gasteiger partial charge in [-0.25, -0.2) is 0 Å². The van der Waals surface area contributed by atoms with Crippen molar-refractivity contribution in [3.05, 3.63) is 64.4 Å². The van der Waals surface area contributed by atoms with Crippen LogP contribution in [0.3, 0.4) is 0 Å². The number of carbonyl (C=O) groups excluding carboxylic acids is 2. The first-order chi connectivity index (χ1) is 15.0. The summed E-state index contributed by atoms with van der Waals surface area (Å²) in [5, 5.41) is 14.8. The number of methoxy groups -OCH3 is 1. The minimum Gasteiger partial charge on any atom is -0.383 e. The summed E-state index contributed by atoms with van der Waals surface area (Å²) in [6.07, 6.45) is 1.56. The summed E-state index contributed by atoms with van der Waals surface area (Å²) in [5.41, 5.74) is 1.60. The van der Waals surface area contributed by atoms with E-state index in [-0.39, 0.29) is 22.6 Å². The first kappa shape index (κ1) is 23.1. The van der Waals surface area contributed by atoms with Gasteiger partial charge in [0.1, 0.15) is 6.33 Å². The fourth-order valence-electron chi connectivity index (χ4n) is 2.59. The third kappa shape index (κ3) is 6.44. The van der Waals surface area contributed by atoms with Gasteiger partial charge in [-0.1, -0.05) is 41.0 Å². The molecule has 2 N–H and O–H groups in total. The molecule has 0 aliphatic rings. The standard InChI is InChI=1S/C20H19Cl2N5O3S/c1-30-8-7-23-19(29)16-6-5-14(10-17(16)22)25-18(28)11-31-20-26-24-12-27(20)15-4-2-3-13(21)9-15/h2-6,9-10,12H,7-8,11H2,1H3,(H,23,29)(H,25,28). The smallest absolute Gasteiger partial charge is 0.252 e. The van der Waals surface area contributed by atoms with E-state index in [1.165, 1.54) is 17.8 Å². The van der Waals surface area contributed by atoms with E-state index in [9.17, 15) is 9.59 Å². The fourth-order valence-corrected chi connectivity index (χ4v) is 3.77. The van der Waals surface area contributed by atoms with E-state index in [1.807, 2.05) is 12.1 Å². The van der Waals surface area contributed by atoms with Gasteiger partial charge in [0.05, 0.1) is 28.6 Å². The summed E-state index contributed by atoms with van der Waals surface area (Å²) < 4.78 is 6.64. The Bertz CT molecular complexity index is 1080. The van der Waals surface area contributed by atoms with E-state index < -0.39 is 0 Å². The van der Waals surface area contributed by atoms with Crippen molar-refractivity contribution in [2.75, 3.05) is 31.3 Å². The van der Waals surface area contributed by atoms with Gasteiger partial charge in [-0.2, -0.15) is 0 Å². The van der Waals surface area contributed by atoms with Crippen molar-refractivity contribution >= 4 is 52.5 Å². The van der Waals surface area contributed by atoms with Crippen LogP contribution < -0.4 is 10.6 Å². The van der Waals surface area contributed by atoms with Crippen LogP contribution >= 0.6 is 35.0 Å². The molecule has 1 aromatic heterocycles. The van der Waals surface area contributed by atoms with Crippen LogP contribution in [-0.2, 0) is 9.53 Å². The molecule has 8 nitrogen and oxygen atoms in total. The molecule has 3 rings (SSSR count). The number of anilines is 1. The van der Waals surface area contributed by atoms with Crippen molar-refractivity contribution in [3.63, 3.8) is 0 Å². The van der Waals surface area contributed by atoms with Crippen LogP contribution in [0.4, 0.5) is 5.69 Å². The molecule has 2 aromatic carbocycles. The Morgan fingerprint density at radius 2 is 2.03 bits per heavy atom. The molecule has 0 fully saturated rings. The molecule has 0 aliphatic heterocycles. The Morgan fingerprint density at radius 1 is 1.19 bits per heavy atom. The van der Waals surface area contributed by atoms with Gasteiger partial charge in [-0.15, -0.1) is 10.2 Å². The average molecular weight is 480 g/mol. The predicted molar refractivity (Wildman–Crippen MR) is 121 cm³/mol. The summed E-state index contributed by atoms with van der Waals surface area (Å²) in [7, 11) is 1.55. The fraction of sp³-hybridized carbons (Fsp3) is 0.200. The van der Waals surface area contributed by atoms with Gasteiger partial charge in [-0.05, 0) is 36.4 Å². The van der Waals surface area contributed by atoms with Crippen LogP contribution in [0.15, 0.2) is 53.9 Å². The largest absolute Gasteiger partial charge is 0.383 e. The van der Waals surface area contributed by atoms with Gasteiger partial charge in [0.2, 0.25) is 5.91 Å². The van der Waals surface area contributed by atoms with Crippen LogP contribution in [0.5, 0.6) is 0 Å². The second kappa shape index (κ2) is 11.1. The van der Waals surface area contributed by atoms with Crippen molar-refractivity contribution in [3.8, 4) is 5.69 Å². The number of nitrogens with one attached hydrogen (secondary N) is 2. The van der Waals surface area contributed by atoms with E-state index in [0.29, 0.717) is 34.6 Å². The molecule has 0 bridgehead atoms. The van der Waals surface area contributed by atoms with E-state index >= 15 is 0 Å². The number of carbonyl (C=O) groups is 2. The summed E-state index contributed by atoms with van der Waals surface area (Å²) in [6.45, 7) is 0.779. The van der Waals surface area contributed by atoms with Crippen LogP contribution in [0.2, 0.25) is 10.0 Å². The minimum absolute atomic E-state index is 0.107. The van der Waals surface area contributed by atoms with Crippen molar-refractivity contribution in [1.29, 1.82) is 0 Å². The monoisotopic (exact) mass is 479 g/mol. The normalized spacial score (nSPS) is 10.7. The average Bonchev–Trinajstić information content (AvgIpc) is 3.21. The summed E-state index contributed by atoms with van der Waals surface area (Å²) in [4.78, 5) is 24.5. The van der Waals surface area contributed by atoms with Gasteiger partial charge >= 0.3 is 0 Å². The zero-order valence-corrected chi connectivity index (χ0v) is 18.8. The number of hydrogen-bond acceptors (Lipinski definition) is 6. The number of halogens is 2. The molecule has 0 unspecified atom stereocenters. The maximum absolute atomic E-state index is 12.4. The Labute approximate surface area is 193 Å². The zero-order valence-electron chi connectivity index (χ0n) is 16.5. The molecule has 0 atom stereocenters. The second-order valence-corrected chi connectivity index (χ2v) is 8.03. The summed E-state index contributed by atoms with van der Waals surface area (Å²) in [5.74, 6) is -0.453. The molecule has 2 amide bonds. The molecule has 31 heavy (non-hydrogen) atoms. The number of benzene rings is 2. The number of rotatable bonds is 9. The van der Waals surface area contributed by atoms with E-state index in [2.05, 4.69) is 20.8 Å². The van der Waals surface area contributed by atoms with Gasteiger partial charge in [0.25, 0.3) is 5.91 Å². The molecule has 11 heteroatoms. The molecular weight excluding hydrogens is 461 g/mol. The van der Waals surface area contributed by atoms with Crippen LogP contribution in [0.25, 0.3) is 5.69 Å². The number of nitrogens with zero attached hydrogens (tertiary/aromatic N) is 3. The Kier molecular flexibility index (Phi) is 8.30. The predicted octanol–water partition coefficient (Wildman–Crippen LogP) is 3.68. The first-order valence-electron chi connectivity index (χ1n) is 9.13. The van der Waals surface area contributed by atoms with Gasteiger partial charge in [0, 0.05) is 24.4 Å². The number of ether oxygens (including phenoxy) is 1. The lowest BCUT2D eigenvalue weighted by Crippen LogP contribution is -2.27. The van der Waals surface area contributed by atoms with E-state index in [0.717, 1.165) is 5.69 Å². The number of amides is 2. The van der Waals surface area contributed by atoms with Crippen LogP contribution in [-0.4, -0.2) is 52.6 Å². The maximum atomic E-state index is 12.4. The highest BCUT2D eigenvalue weighted by molar-refractivity contribution is 7.99. The molecular formula is C20H19Cl2N5O3S. The molecule has 162 valence electrons. The van der Waals surface area contributed by atoms with Gasteiger partial charge < -0.3 is 15.4 Å². The highest BCUT2D eigenvalue weighted by Gasteiger charge is 2.13. The number of thioether (sulfide) groups is 1. The first-order valence-corrected chi connectivity index (χ1v) is 10.9. The van der Waals surface area contributed by atoms with Crippen molar-refractivity contribution < 1.29 is 14.3 Å². The van der Waals surface area contributed by atoms with Crippen LogP contribution in [0, 0.1) is 0 Å². The van der Waals surface area contributed by atoms with Gasteiger partial charge in [-0.3, -0.25) is 14.2 Å². The summed E-state index contributed by atoms with van der Waals surface area (Å²) in [6, 6.07) is 12.0. The molecule has 0 radical (unpaired) electrons. The Balaban J connectivity index is 1.58. The third-order valence-corrected chi connectivity index (χ3v) is 5.52. The lowest BCUT2D eigenvalue weighted by molar-refractivity contribution is -0.113. The Morgan fingerprint density at radius 3 is 2.77 bits per heavy atom. The highest BCUT2D eigenvalue weighted by Crippen LogP contribution is 2.23.